The Hall–Kier alpha value is -1.10. The molecule has 0 bridgehead atoms. The highest BCUT2D eigenvalue weighted by Crippen LogP contribution is 2.33. The Morgan fingerprint density at radius 2 is 2.24 bits per heavy atom. The fourth-order valence-corrected chi connectivity index (χ4v) is 2.17. The molecule has 0 atom stereocenters. The lowest BCUT2D eigenvalue weighted by atomic mass is 10.2. The molecule has 0 spiro atoms. The van der Waals surface area contributed by atoms with Gasteiger partial charge in [0.25, 0.3) is 5.69 Å². The van der Waals surface area contributed by atoms with Gasteiger partial charge in [-0.15, -0.1) is 0 Å². The van der Waals surface area contributed by atoms with Crippen LogP contribution < -0.4 is 5.32 Å². The summed E-state index contributed by atoms with van der Waals surface area (Å²) in [6.07, 6.45) is 5.03. The fourth-order valence-electron chi connectivity index (χ4n) is 1.83. The molecule has 0 aromatic heterocycles. The number of nitro benzene ring substituents is 1. The second kappa shape index (κ2) is 5.49. The van der Waals surface area contributed by atoms with Crippen LogP contribution in [0.25, 0.3) is 0 Å². The zero-order valence-electron chi connectivity index (χ0n) is 9.49. The first-order chi connectivity index (χ1) is 8.16. The number of nitrogens with one attached hydrogen (secondary N) is 1. The van der Waals surface area contributed by atoms with E-state index in [9.17, 15) is 10.1 Å². The van der Waals surface area contributed by atoms with E-state index in [1.165, 1.54) is 25.3 Å². The van der Waals surface area contributed by atoms with Crippen molar-refractivity contribution in [1.29, 1.82) is 0 Å². The van der Waals surface area contributed by atoms with Crippen molar-refractivity contribution in [2.75, 3.05) is 11.9 Å². The van der Waals surface area contributed by atoms with Gasteiger partial charge in [0.2, 0.25) is 0 Å². The standard InChI is InChI=1S/C12H15BrN2O2/c13-10-5-6-11(12(8-10)15(16)17)14-7-1-2-9-3-4-9/h5-6,8-9,14H,1-4,7H2. The zero-order chi connectivity index (χ0) is 12.3. The minimum atomic E-state index is -0.353. The normalized spacial score (nSPS) is 14.6. The van der Waals surface area contributed by atoms with Crippen LogP contribution in [0.3, 0.4) is 0 Å². The minimum Gasteiger partial charge on any atom is -0.379 e. The summed E-state index contributed by atoms with van der Waals surface area (Å²) in [5.41, 5.74) is 0.736. The number of halogens is 1. The van der Waals surface area contributed by atoms with Gasteiger partial charge in [0, 0.05) is 17.1 Å². The summed E-state index contributed by atoms with van der Waals surface area (Å²) >= 11 is 3.24. The van der Waals surface area contributed by atoms with E-state index in [1.807, 2.05) is 6.07 Å². The Kier molecular flexibility index (Phi) is 3.99. The molecule has 0 saturated heterocycles. The molecule has 1 saturated carbocycles. The van der Waals surface area contributed by atoms with E-state index < -0.39 is 0 Å². The second-order valence-electron chi connectivity index (χ2n) is 4.43. The van der Waals surface area contributed by atoms with Crippen LogP contribution in [-0.2, 0) is 0 Å². The molecule has 1 aliphatic rings. The topological polar surface area (TPSA) is 55.2 Å². The van der Waals surface area contributed by atoms with Crippen LogP contribution in [0.15, 0.2) is 22.7 Å². The Morgan fingerprint density at radius 3 is 2.88 bits per heavy atom. The van der Waals surface area contributed by atoms with Crippen LogP contribution in [0, 0.1) is 16.0 Å². The Labute approximate surface area is 109 Å². The van der Waals surface area contributed by atoms with E-state index in [1.54, 1.807) is 6.07 Å². The molecule has 92 valence electrons. The maximum absolute atomic E-state index is 10.9. The zero-order valence-corrected chi connectivity index (χ0v) is 11.1. The summed E-state index contributed by atoms with van der Waals surface area (Å²) in [6.45, 7) is 0.805. The van der Waals surface area contributed by atoms with Gasteiger partial charge in [0.15, 0.2) is 0 Å². The number of hydrogen-bond donors (Lipinski definition) is 1. The van der Waals surface area contributed by atoms with Crippen molar-refractivity contribution in [1.82, 2.24) is 0 Å². The van der Waals surface area contributed by atoms with E-state index in [2.05, 4.69) is 21.2 Å². The molecule has 0 heterocycles. The highest BCUT2D eigenvalue weighted by molar-refractivity contribution is 9.10. The maximum Gasteiger partial charge on any atom is 0.293 e. The van der Waals surface area contributed by atoms with Crippen molar-refractivity contribution in [3.8, 4) is 0 Å². The van der Waals surface area contributed by atoms with E-state index in [4.69, 9.17) is 0 Å². The average Bonchev–Trinajstić information content (AvgIpc) is 3.09. The predicted octanol–water partition coefficient (Wildman–Crippen LogP) is 3.96. The van der Waals surface area contributed by atoms with Crippen LogP contribution in [-0.4, -0.2) is 11.5 Å². The summed E-state index contributed by atoms with van der Waals surface area (Å²) in [7, 11) is 0. The molecular weight excluding hydrogens is 284 g/mol. The summed E-state index contributed by atoms with van der Waals surface area (Å²) in [5, 5.41) is 14.0. The van der Waals surface area contributed by atoms with Gasteiger partial charge in [-0.25, -0.2) is 0 Å². The van der Waals surface area contributed by atoms with Gasteiger partial charge in [-0.2, -0.15) is 0 Å². The molecule has 17 heavy (non-hydrogen) atoms. The van der Waals surface area contributed by atoms with Crippen molar-refractivity contribution >= 4 is 27.3 Å². The molecule has 1 aromatic carbocycles. The van der Waals surface area contributed by atoms with Crippen LogP contribution in [0.1, 0.15) is 25.7 Å². The van der Waals surface area contributed by atoms with E-state index in [0.717, 1.165) is 23.4 Å². The maximum atomic E-state index is 10.9. The number of benzene rings is 1. The van der Waals surface area contributed by atoms with Gasteiger partial charge in [-0.3, -0.25) is 10.1 Å². The number of anilines is 1. The van der Waals surface area contributed by atoms with Crippen molar-refractivity contribution in [3.05, 3.63) is 32.8 Å². The van der Waals surface area contributed by atoms with Crippen molar-refractivity contribution in [2.24, 2.45) is 5.92 Å². The summed E-state index contributed by atoms with van der Waals surface area (Å²) < 4.78 is 0.729. The third kappa shape index (κ3) is 3.70. The van der Waals surface area contributed by atoms with Gasteiger partial charge in [0.05, 0.1) is 4.92 Å². The van der Waals surface area contributed by atoms with Crippen LogP contribution in [0.2, 0.25) is 0 Å². The summed E-state index contributed by atoms with van der Waals surface area (Å²) in [6, 6.07) is 5.10. The largest absolute Gasteiger partial charge is 0.379 e. The van der Waals surface area contributed by atoms with Crippen molar-refractivity contribution < 1.29 is 4.92 Å². The minimum absolute atomic E-state index is 0.130. The van der Waals surface area contributed by atoms with Crippen molar-refractivity contribution in [3.63, 3.8) is 0 Å². The molecular formula is C12H15BrN2O2. The average molecular weight is 299 g/mol. The quantitative estimate of drug-likeness (QED) is 0.491. The molecule has 0 aliphatic heterocycles. The second-order valence-corrected chi connectivity index (χ2v) is 5.35. The first-order valence-electron chi connectivity index (χ1n) is 5.84. The van der Waals surface area contributed by atoms with E-state index in [0.29, 0.717) is 5.69 Å². The molecule has 1 fully saturated rings. The SMILES string of the molecule is O=[N+]([O-])c1cc(Br)ccc1NCCCC1CC1. The Bertz CT molecular complexity index is 419. The third-order valence-electron chi connectivity index (χ3n) is 2.96. The smallest absolute Gasteiger partial charge is 0.293 e. The molecule has 0 radical (unpaired) electrons. The van der Waals surface area contributed by atoms with Gasteiger partial charge in [-0.05, 0) is 30.9 Å². The van der Waals surface area contributed by atoms with Gasteiger partial charge < -0.3 is 5.32 Å². The van der Waals surface area contributed by atoms with E-state index >= 15 is 0 Å². The first kappa shape index (κ1) is 12.4. The summed E-state index contributed by atoms with van der Waals surface area (Å²) in [5.74, 6) is 0.914. The molecule has 5 heteroatoms. The summed E-state index contributed by atoms with van der Waals surface area (Å²) in [4.78, 5) is 10.5. The van der Waals surface area contributed by atoms with Crippen molar-refractivity contribution in [2.45, 2.75) is 25.7 Å². The number of nitro groups is 1. The van der Waals surface area contributed by atoms with E-state index in [-0.39, 0.29) is 10.6 Å². The lowest BCUT2D eigenvalue weighted by molar-refractivity contribution is -0.384. The van der Waals surface area contributed by atoms with Gasteiger partial charge in [-0.1, -0.05) is 28.8 Å². The number of nitrogens with zero attached hydrogens (tertiary/aromatic N) is 1. The van der Waals surface area contributed by atoms with Gasteiger partial charge in [0.1, 0.15) is 5.69 Å². The highest BCUT2D eigenvalue weighted by atomic mass is 79.9. The predicted molar refractivity (Wildman–Crippen MR) is 71.2 cm³/mol. The van der Waals surface area contributed by atoms with Crippen LogP contribution >= 0.6 is 15.9 Å². The van der Waals surface area contributed by atoms with Crippen LogP contribution in [0.4, 0.5) is 11.4 Å². The lowest BCUT2D eigenvalue weighted by Gasteiger charge is -2.07. The molecule has 0 unspecified atom stereocenters. The fraction of sp³-hybridized carbons (Fsp3) is 0.500. The Morgan fingerprint density at radius 1 is 1.47 bits per heavy atom. The number of rotatable bonds is 6. The highest BCUT2D eigenvalue weighted by Gasteiger charge is 2.20. The molecule has 2 rings (SSSR count). The van der Waals surface area contributed by atoms with Gasteiger partial charge >= 0.3 is 0 Å². The number of hydrogen-bond acceptors (Lipinski definition) is 3. The first-order valence-corrected chi connectivity index (χ1v) is 6.64. The molecule has 1 aliphatic carbocycles. The molecule has 1 N–H and O–H groups in total. The molecule has 1 aromatic rings. The molecule has 4 nitrogen and oxygen atoms in total. The lowest BCUT2D eigenvalue weighted by Crippen LogP contribution is -2.04. The van der Waals surface area contributed by atoms with Crippen LogP contribution in [0.5, 0.6) is 0 Å². The molecule has 0 amide bonds. The Balaban J connectivity index is 1.91. The third-order valence-corrected chi connectivity index (χ3v) is 3.45. The monoisotopic (exact) mass is 298 g/mol.